The second kappa shape index (κ2) is 17.4. The average molecular weight is 925 g/mol. The molecule has 0 aliphatic carbocycles. The summed E-state index contributed by atoms with van der Waals surface area (Å²) < 4.78 is 6.25. The van der Waals surface area contributed by atoms with Crippen LogP contribution in [0.15, 0.2) is 181 Å². The van der Waals surface area contributed by atoms with E-state index in [1.54, 1.807) is 56.4 Å². The van der Waals surface area contributed by atoms with Crippen molar-refractivity contribution in [1.82, 2.24) is 19.9 Å². The van der Waals surface area contributed by atoms with Crippen LogP contribution in [0.1, 0.15) is 39.1 Å². The van der Waals surface area contributed by atoms with Gasteiger partial charge in [-0.15, -0.1) is 0 Å². The zero-order chi connectivity index (χ0) is 49.2. The van der Waals surface area contributed by atoms with E-state index < -0.39 is 34.0 Å². The number of aromatic nitrogens is 4. The van der Waals surface area contributed by atoms with Crippen molar-refractivity contribution >= 4 is 29.9 Å². The van der Waals surface area contributed by atoms with E-state index in [4.69, 9.17) is 17.2 Å². The van der Waals surface area contributed by atoms with Gasteiger partial charge in [0.2, 0.25) is 11.5 Å². The highest BCUT2D eigenvalue weighted by Gasteiger charge is 2.53. The highest BCUT2D eigenvalue weighted by molar-refractivity contribution is 6.15. The van der Waals surface area contributed by atoms with E-state index >= 15 is 0 Å². The molecule has 0 saturated carbocycles. The number of rotatable bonds is 11. The number of hydrogen-bond acceptors (Lipinski definition) is 12. The maximum atomic E-state index is 12.2. The van der Waals surface area contributed by atoms with Gasteiger partial charge >= 0.3 is 0 Å². The fourth-order valence-electron chi connectivity index (χ4n) is 9.06. The molecule has 0 aliphatic rings. The van der Waals surface area contributed by atoms with Crippen LogP contribution in [0.25, 0.3) is 78.1 Å². The van der Waals surface area contributed by atoms with Gasteiger partial charge in [0, 0.05) is 79.6 Å². The first-order valence-electron chi connectivity index (χ1n) is 22.4. The van der Waals surface area contributed by atoms with E-state index in [0.717, 1.165) is 45.4 Å². The van der Waals surface area contributed by atoms with E-state index in [1.165, 1.54) is 18.3 Å². The molecule has 2 radical (unpaired) electrons. The van der Waals surface area contributed by atoms with Crippen molar-refractivity contribution in [2.45, 2.75) is 43.6 Å². The molecule has 0 spiro atoms. The molecule has 0 saturated heterocycles. The van der Waals surface area contributed by atoms with Crippen LogP contribution in [-0.2, 0) is 22.9 Å². The third-order valence-corrected chi connectivity index (χ3v) is 13.0. The Balaban J connectivity index is 1.09. The third-order valence-electron chi connectivity index (χ3n) is 13.0. The van der Waals surface area contributed by atoms with Crippen LogP contribution in [0.2, 0.25) is 0 Å². The molecule has 1 unspecified atom stereocenters. The molecule has 12 nitrogen and oxygen atoms in total. The molecule has 0 fully saturated rings. The Hall–Kier alpha value is -7.72. The monoisotopic (exact) mass is 924 g/mol. The van der Waals surface area contributed by atoms with Crippen molar-refractivity contribution < 1.29 is 40.2 Å². The fourth-order valence-corrected chi connectivity index (χ4v) is 9.06. The molecule has 70 heavy (non-hydrogen) atoms. The van der Waals surface area contributed by atoms with Crippen molar-refractivity contribution in [3.8, 4) is 56.0 Å². The van der Waals surface area contributed by atoms with Crippen LogP contribution in [0.3, 0.4) is 0 Å². The molecule has 13 heteroatoms. The van der Waals surface area contributed by atoms with Crippen molar-refractivity contribution in [1.29, 1.82) is 0 Å². The summed E-state index contributed by atoms with van der Waals surface area (Å²) in [7, 11) is 6.56. The number of pyridine rings is 4. The maximum absolute atomic E-state index is 12.2. The van der Waals surface area contributed by atoms with Crippen molar-refractivity contribution in [2.24, 2.45) is 0 Å². The second-order valence-electron chi connectivity index (χ2n) is 17.7. The summed E-state index contributed by atoms with van der Waals surface area (Å²) in [6, 6.07) is 45.6. The van der Waals surface area contributed by atoms with E-state index in [-0.39, 0.29) is 22.3 Å². The van der Waals surface area contributed by atoms with Crippen LogP contribution in [-0.4, -0.2) is 63.5 Å². The average Bonchev–Trinajstić information content (AvgIpc) is 3.74. The van der Waals surface area contributed by atoms with Crippen LogP contribution in [0.4, 0.5) is 0 Å². The van der Waals surface area contributed by atoms with Crippen LogP contribution < -0.4 is 0 Å². The van der Waals surface area contributed by atoms with E-state index in [2.05, 4.69) is 15.0 Å². The molecular formula is C57H45BN4O8. The normalized spacial score (nSPS) is 13.2. The lowest BCUT2D eigenvalue weighted by Crippen LogP contribution is -2.52. The number of benzene rings is 5. The Labute approximate surface area is 403 Å². The van der Waals surface area contributed by atoms with Gasteiger partial charge in [0.05, 0.1) is 17.1 Å². The first kappa shape index (κ1) is 46.0. The minimum absolute atomic E-state index is 0.136. The second-order valence-corrected chi connectivity index (χ2v) is 17.7. The highest BCUT2D eigenvalue weighted by Crippen LogP contribution is 2.46. The van der Waals surface area contributed by atoms with Crippen LogP contribution >= 0.6 is 0 Å². The number of para-hydroxylation sites is 1. The summed E-state index contributed by atoms with van der Waals surface area (Å²) in [5.41, 5.74) is 3.61. The Morgan fingerprint density at radius 1 is 0.429 bits per heavy atom. The van der Waals surface area contributed by atoms with Crippen LogP contribution in [0, 0.1) is 20.8 Å². The molecule has 344 valence electrons. The Bertz CT molecular complexity index is 3470. The molecule has 10 rings (SSSR count). The summed E-state index contributed by atoms with van der Waals surface area (Å²) in [5, 5.41) is 86.5. The van der Waals surface area contributed by atoms with Crippen molar-refractivity contribution in [3.05, 3.63) is 215 Å². The molecule has 0 bridgehead atoms. The van der Waals surface area contributed by atoms with Gasteiger partial charge < -0.3 is 40.2 Å². The van der Waals surface area contributed by atoms with Gasteiger partial charge in [-0.25, -0.2) is 4.98 Å². The Morgan fingerprint density at radius 3 is 1.56 bits per heavy atom. The summed E-state index contributed by atoms with van der Waals surface area (Å²) in [5.74, 6) is -10.5. The predicted molar refractivity (Wildman–Crippen MR) is 267 cm³/mol. The highest BCUT2D eigenvalue weighted by atomic mass is 16.6. The number of hydrogen-bond donors (Lipinski definition) is 7. The smallest absolute Gasteiger partial charge is 0.252 e. The number of aliphatic hydroxyl groups is 7. The van der Waals surface area contributed by atoms with Crippen molar-refractivity contribution in [2.75, 3.05) is 0 Å². The Morgan fingerprint density at radius 2 is 0.971 bits per heavy atom. The minimum atomic E-state index is -3.58. The molecule has 7 N–H and O–H groups in total. The maximum Gasteiger partial charge on any atom is 0.252 e. The fraction of sp³-hybridized carbons (Fsp3) is 0.123. The molecule has 0 aliphatic heterocycles. The Kier molecular flexibility index (Phi) is 11.4. The molecule has 0 amide bonds. The topological polar surface area (TPSA) is 206 Å². The van der Waals surface area contributed by atoms with Gasteiger partial charge in [-0.3, -0.25) is 15.0 Å². The molecule has 5 heterocycles. The number of fused-ring (bicyclic) bond motifs is 3. The van der Waals surface area contributed by atoms with Crippen molar-refractivity contribution in [3.63, 3.8) is 0 Å². The molecule has 10 aromatic rings. The zero-order valence-corrected chi connectivity index (χ0v) is 38.1. The summed E-state index contributed by atoms with van der Waals surface area (Å²) >= 11 is 0. The number of furan rings is 1. The molecule has 5 aromatic heterocycles. The predicted octanol–water partition coefficient (Wildman–Crippen LogP) is 8.55. The lowest BCUT2D eigenvalue weighted by atomic mass is 9.66. The first-order valence-corrected chi connectivity index (χ1v) is 22.4. The van der Waals surface area contributed by atoms with Gasteiger partial charge in [-0.1, -0.05) is 103 Å². The largest absolute Gasteiger partial charge is 0.437 e. The van der Waals surface area contributed by atoms with E-state index in [0.29, 0.717) is 50.6 Å². The lowest BCUT2D eigenvalue weighted by molar-refractivity contribution is -0.375. The lowest BCUT2D eigenvalue weighted by Gasteiger charge is -2.40. The van der Waals surface area contributed by atoms with Gasteiger partial charge in [-0.2, -0.15) is 0 Å². The van der Waals surface area contributed by atoms with E-state index in [1.807, 2.05) is 110 Å². The van der Waals surface area contributed by atoms with Gasteiger partial charge in [-0.05, 0) is 103 Å². The zero-order valence-electron chi connectivity index (χ0n) is 38.1. The number of nitrogens with zero attached hydrogens (tertiary/aromatic N) is 4. The summed E-state index contributed by atoms with van der Waals surface area (Å²) in [4.78, 5) is 18.3. The van der Waals surface area contributed by atoms with Gasteiger partial charge in [0.1, 0.15) is 18.9 Å². The molecule has 1 atom stereocenters. The van der Waals surface area contributed by atoms with Gasteiger partial charge in [0.25, 0.3) is 11.6 Å². The molecular weight excluding hydrogens is 879 g/mol. The van der Waals surface area contributed by atoms with E-state index in [9.17, 15) is 35.7 Å². The molecule has 5 aromatic carbocycles. The van der Waals surface area contributed by atoms with Gasteiger partial charge in [0.15, 0.2) is 0 Å². The quantitative estimate of drug-likeness (QED) is 0.0482. The minimum Gasteiger partial charge on any atom is -0.437 e. The first-order chi connectivity index (χ1) is 33.5. The number of aryl methyl sites for hydroxylation is 3. The SMILES string of the molecule is [B]C(O)(c1cnc(-c2ccccc2)cc1C)C(O)(O)c1cc(-c2ccccc2-c2ccc(-c3cccc4c3oc3nc(C)ccc34)nc2)cc(C(O)(O)C(O)(O)c2cnc(-c3ccccc3)cc2C)c1. The standard InChI is InChI=1S/C57H45BN4O8/c1-33-25-50(36-13-6-4-7-14-36)60-31-47(33)54(58,63)55(64,65)40-27-39(28-41(29-40)56(66,67)57(68,69)48-32-61-51(26-34(48)2)37-15-8-5-9-16-37)43-18-11-10-17-42(43)38-22-24-49(59-30-38)46-20-12-19-44-45-23-21-35(3)62-53(45)70-52(44)46/h4-32,63-69H,1-3H3. The third kappa shape index (κ3) is 7.85. The summed E-state index contributed by atoms with van der Waals surface area (Å²) in [6.07, 6.45) is 4.05. The summed E-state index contributed by atoms with van der Waals surface area (Å²) in [6.45, 7) is 5.09. The van der Waals surface area contributed by atoms with Crippen LogP contribution in [0.5, 0.6) is 0 Å².